The Balaban J connectivity index is 1.34. The molecule has 3 aromatic carbocycles. The van der Waals surface area contributed by atoms with E-state index in [1.165, 1.54) is 42.5 Å². The van der Waals surface area contributed by atoms with Crippen molar-refractivity contribution in [3.63, 3.8) is 0 Å². The molecule has 0 amide bonds. The van der Waals surface area contributed by atoms with Gasteiger partial charge in [-0.1, -0.05) is 30.2 Å². The van der Waals surface area contributed by atoms with E-state index in [4.69, 9.17) is 4.74 Å². The first kappa shape index (κ1) is 23.6. The predicted octanol–water partition coefficient (Wildman–Crippen LogP) is 5.99. The zero-order valence-corrected chi connectivity index (χ0v) is 20.4. The van der Waals surface area contributed by atoms with Gasteiger partial charge in [-0.3, -0.25) is 9.69 Å². The van der Waals surface area contributed by atoms with Gasteiger partial charge in [-0.15, -0.1) is 0 Å². The van der Waals surface area contributed by atoms with Crippen LogP contribution in [-0.4, -0.2) is 43.5 Å². The van der Waals surface area contributed by atoms with Crippen LogP contribution in [0, 0.1) is 12.7 Å². The molecule has 0 spiro atoms. The van der Waals surface area contributed by atoms with E-state index < -0.39 is 6.04 Å². The SMILES string of the molecule is Cc1ccc2c(c1)CCN(c1ccc(F)cc1)C2C(=O)c1ccc(OCCN2CCCCC2)cc1. The van der Waals surface area contributed by atoms with Crippen molar-refractivity contribution in [1.29, 1.82) is 0 Å². The molecule has 1 saturated heterocycles. The number of fused-ring (bicyclic) bond motifs is 1. The number of Topliss-reactive ketones (excluding diaryl/α,β-unsaturated/α-hetero) is 1. The molecule has 182 valence electrons. The summed E-state index contributed by atoms with van der Waals surface area (Å²) >= 11 is 0. The number of carbonyl (C=O) groups is 1. The van der Waals surface area contributed by atoms with Crippen LogP contribution in [0.25, 0.3) is 0 Å². The van der Waals surface area contributed by atoms with Crippen LogP contribution in [0.15, 0.2) is 66.7 Å². The molecule has 2 aliphatic rings. The quantitative estimate of drug-likeness (QED) is 0.396. The highest BCUT2D eigenvalue weighted by Gasteiger charge is 2.34. The number of likely N-dealkylation sites (tertiary alicyclic amines) is 1. The standard InChI is InChI=1S/C30H33FN2O2/c1-22-5-14-28-24(21-22)15-18-33(26-10-8-25(31)9-11-26)29(28)30(34)23-6-12-27(13-7-23)35-20-19-32-16-3-2-4-17-32/h5-14,21,29H,2-4,15-20H2,1H3. The topological polar surface area (TPSA) is 32.8 Å². The van der Waals surface area contributed by atoms with Crippen LogP contribution in [0.5, 0.6) is 5.75 Å². The van der Waals surface area contributed by atoms with Crippen molar-refractivity contribution >= 4 is 11.5 Å². The zero-order chi connectivity index (χ0) is 24.2. The average Bonchev–Trinajstić information content (AvgIpc) is 2.89. The van der Waals surface area contributed by atoms with Gasteiger partial charge in [-0.2, -0.15) is 0 Å². The molecule has 5 heteroatoms. The van der Waals surface area contributed by atoms with Gasteiger partial charge in [0.15, 0.2) is 5.78 Å². The first-order valence-corrected chi connectivity index (χ1v) is 12.7. The third-order valence-electron chi connectivity index (χ3n) is 7.20. The normalized spacial score (nSPS) is 18.2. The molecule has 2 aliphatic heterocycles. The fraction of sp³-hybridized carbons (Fsp3) is 0.367. The highest BCUT2D eigenvalue weighted by molar-refractivity contribution is 6.03. The lowest BCUT2D eigenvalue weighted by atomic mass is 9.86. The molecule has 0 aromatic heterocycles. The Bertz CT molecular complexity index is 1150. The molecule has 3 aromatic rings. The number of ether oxygens (including phenoxy) is 1. The fourth-order valence-electron chi connectivity index (χ4n) is 5.30. The molecule has 4 nitrogen and oxygen atoms in total. The Morgan fingerprint density at radius 2 is 1.69 bits per heavy atom. The highest BCUT2D eigenvalue weighted by Crippen LogP contribution is 2.36. The molecule has 0 radical (unpaired) electrons. The number of piperidine rings is 1. The molecule has 0 N–H and O–H groups in total. The summed E-state index contributed by atoms with van der Waals surface area (Å²) in [5.41, 5.74) is 4.93. The fourth-order valence-corrected chi connectivity index (χ4v) is 5.30. The summed E-state index contributed by atoms with van der Waals surface area (Å²) in [7, 11) is 0. The van der Waals surface area contributed by atoms with Crippen LogP contribution in [0.3, 0.4) is 0 Å². The third-order valence-corrected chi connectivity index (χ3v) is 7.20. The van der Waals surface area contributed by atoms with E-state index in [2.05, 4.69) is 34.9 Å². The van der Waals surface area contributed by atoms with Crippen molar-refractivity contribution in [3.05, 3.63) is 94.8 Å². The Kier molecular flexibility index (Phi) is 7.14. The summed E-state index contributed by atoms with van der Waals surface area (Å²) in [6.45, 7) is 6.68. The summed E-state index contributed by atoms with van der Waals surface area (Å²) in [5.74, 6) is 0.549. The van der Waals surface area contributed by atoms with Gasteiger partial charge in [0.25, 0.3) is 0 Å². The minimum Gasteiger partial charge on any atom is -0.492 e. The summed E-state index contributed by atoms with van der Waals surface area (Å²) in [5, 5.41) is 0. The van der Waals surface area contributed by atoms with Crippen molar-refractivity contribution in [1.82, 2.24) is 4.90 Å². The van der Waals surface area contributed by atoms with Crippen molar-refractivity contribution in [2.75, 3.05) is 37.7 Å². The number of hydrogen-bond donors (Lipinski definition) is 0. The Hall–Kier alpha value is -3.18. The number of carbonyl (C=O) groups excluding carboxylic acids is 1. The minimum atomic E-state index is -0.448. The van der Waals surface area contributed by atoms with Crippen LogP contribution < -0.4 is 9.64 Å². The second kappa shape index (κ2) is 10.6. The van der Waals surface area contributed by atoms with E-state index in [0.29, 0.717) is 18.7 Å². The van der Waals surface area contributed by atoms with Gasteiger partial charge in [0.1, 0.15) is 24.2 Å². The van der Waals surface area contributed by atoms with Gasteiger partial charge in [0.2, 0.25) is 0 Å². The zero-order valence-electron chi connectivity index (χ0n) is 20.4. The van der Waals surface area contributed by atoms with E-state index in [1.807, 2.05) is 24.3 Å². The molecule has 2 heterocycles. The molecule has 1 unspecified atom stereocenters. The Morgan fingerprint density at radius 3 is 2.43 bits per heavy atom. The van der Waals surface area contributed by atoms with E-state index in [-0.39, 0.29) is 11.6 Å². The number of halogens is 1. The highest BCUT2D eigenvalue weighted by atomic mass is 19.1. The molecule has 0 saturated carbocycles. The average molecular weight is 473 g/mol. The number of nitrogens with zero attached hydrogens (tertiary/aromatic N) is 2. The molecule has 1 fully saturated rings. The molecular formula is C30H33FN2O2. The number of anilines is 1. The summed E-state index contributed by atoms with van der Waals surface area (Å²) in [6.07, 6.45) is 4.73. The maximum atomic E-state index is 13.9. The van der Waals surface area contributed by atoms with Gasteiger partial charge >= 0.3 is 0 Å². The van der Waals surface area contributed by atoms with Gasteiger partial charge in [-0.25, -0.2) is 4.39 Å². The summed E-state index contributed by atoms with van der Waals surface area (Å²) in [6, 6.07) is 19.8. The van der Waals surface area contributed by atoms with Crippen LogP contribution >= 0.6 is 0 Å². The third kappa shape index (κ3) is 5.40. The van der Waals surface area contributed by atoms with Crippen LogP contribution in [0.2, 0.25) is 0 Å². The number of rotatable bonds is 7. The first-order chi connectivity index (χ1) is 17.1. The second-order valence-electron chi connectivity index (χ2n) is 9.66. The van der Waals surface area contributed by atoms with Gasteiger partial charge in [0, 0.05) is 24.3 Å². The molecular weight excluding hydrogens is 439 g/mol. The predicted molar refractivity (Wildman–Crippen MR) is 138 cm³/mol. The maximum absolute atomic E-state index is 13.9. The van der Waals surface area contributed by atoms with Crippen molar-refractivity contribution in [3.8, 4) is 5.75 Å². The Morgan fingerprint density at radius 1 is 0.943 bits per heavy atom. The smallest absolute Gasteiger partial charge is 0.189 e. The van der Waals surface area contributed by atoms with E-state index >= 15 is 0 Å². The molecule has 35 heavy (non-hydrogen) atoms. The maximum Gasteiger partial charge on any atom is 0.189 e. The van der Waals surface area contributed by atoms with Gasteiger partial charge in [-0.05, 0) is 98.9 Å². The van der Waals surface area contributed by atoms with Crippen LogP contribution in [-0.2, 0) is 6.42 Å². The van der Waals surface area contributed by atoms with E-state index in [0.717, 1.165) is 43.1 Å². The molecule has 0 aliphatic carbocycles. The summed E-state index contributed by atoms with van der Waals surface area (Å²) in [4.78, 5) is 18.4. The molecule has 0 bridgehead atoms. The number of hydrogen-bond acceptors (Lipinski definition) is 4. The van der Waals surface area contributed by atoms with Crippen molar-refractivity contribution in [2.45, 2.75) is 38.6 Å². The largest absolute Gasteiger partial charge is 0.492 e. The van der Waals surface area contributed by atoms with E-state index in [1.54, 1.807) is 12.1 Å². The monoisotopic (exact) mass is 472 g/mol. The second-order valence-corrected chi connectivity index (χ2v) is 9.66. The number of aryl methyl sites for hydroxylation is 1. The summed E-state index contributed by atoms with van der Waals surface area (Å²) < 4.78 is 19.6. The number of benzene rings is 3. The lowest BCUT2D eigenvalue weighted by molar-refractivity contribution is 0.0954. The van der Waals surface area contributed by atoms with Gasteiger partial charge in [0.05, 0.1) is 0 Å². The van der Waals surface area contributed by atoms with E-state index in [9.17, 15) is 9.18 Å². The number of ketones is 1. The first-order valence-electron chi connectivity index (χ1n) is 12.7. The molecule has 1 atom stereocenters. The minimum absolute atomic E-state index is 0.0407. The van der Waals surface area contributed by atoms with Crippen LogP contribution in [0.4, 0.5) is 10.1 Å². The van der Waals surface area contributed by atoms with Crippen molar-refractivity contribution in [2.24, 2.45) is 0 Å². The molecule has 5 rings (SSSR count). The van der Waals surface area contributed by atoms with Gasteiger partial charge < -0.3 is 9.64 Å². The lowest BCUT2D eigenvalue weighted by Gasteiger charge is -2.38. The van der Waals surface area contributed by atoms with Crippen molar-refractivity contribution < 1.29 is 13.9 Å². The Labute approximate surface area is 207 Å². The lowest BCUT2D eigenvalue weighted by Crippen LogP contribution is -2.40. The van der Waals surface area contributed by atoms with Crippen LogP contribution in [0.1, 0.15) is 52.4 Å².